The molecule has 0 spiro atoms. The second-order valence-corrected chi connectivity index (χ2v) is 7.24. The van der Waals surface area contributed by atoms with E-state index in [1.807, 2.05) is 11.0 Å². The number of hydrogen-bond acceptors (Lipinski definition) is 3. The number of rotatable bonds is 4. The number of nitriles is 1. The molecule has 1 aromatic rings. The highest BCUT2D eigenvalue weighted by Gasteiger charge is 2.32. The third kappa shape index (κ3) is 5.56. The number of carbonyl (C=O) groups is 1. The third-order valence-electron chi connectivity index (χ3n) is 5.39. The highest BCUT2D eigenvalue weighted by atomic mass is 127. The van der Waals surface area contributed by atoms with Gasteiger partial charge in [0.1, 0.15) is 5.82 Å². The Morgan fingerprint density at radius 1 is 1.36 bits per heavy atom. The lowest BCUT2D eigenvalue weighted by atomic mass is 10.1. The van der Waals surface area contributed by atoms with Crippen LogP contribution < -0.4 is 10.6 Å². The molecule has 1 aliphatic heterocycles. The van der Waals surface area contributed by atoms with E-state index in [4.69, 9.17) is 5.26 Å². The summed E-state index contributed by atoms with van der Waals surface area (Å²) >= 11 is 0. The van der Waals surface area contributed by atoms with Crippen LogP contribution in [0.3, 0.4) is 0 Å². The van der Waals surface area contributed by atoms with Crippen LogP contribution in [-0.2, 0) is 11.3 Å². The van der Waals surface area contributed by atoms with Crippen molar-refractivity contribution in [2.45, 2.75) is 44.7 Å². The van der Waals surface area contributed by atoms with Gasteiger partial charge in [-0.25, -0.2) is 4.39 Å². The standard InChI is InChI=1S/C20H26FN5O.HI/c1-23-20(24-12-16-10-14(11-22)6-7-18(16)21)25-17-8-9-26(13-17)19(27)15-4-2-3-5-15;/h6-7,10,15,17H,2-5,8-9,12-13H2,1H3,(H2,23,24,25);1H. The van der Waals surface area contributed by atoms with Crippen molar-refractivity contribution in [3.8, 4) is 6.07 Å². The van der Waals surface area contributed by atoms with Gasteiger partial charge in [-0.2, -0.15) is 5.26 Å². The van der Waals surface area contributed by atoms with E-state index in [1.54, 1.807) is 7.05 Å². The monoisotopic (exact) mass is 499 g/mol. The smallest absolute Gasteiger partial charge is 0.225 e. The van der Waals surface area contributed by atoms with Gasteiger partial charge in [-0.05, 0) is 37.5 Å². The number of carbonyl (C=O) groups excluding carboxylic acids is 1. The molecule has 0 radical (unpaired) electrons. The minimum Gasteiger partial charge on any atom is -0.352 e. The predicted octanol–water partition coefficient (Wildman–Crippen LogP) is 2.77. The van der Waals surface area contributed by atoms with Crippen LogP contribution >= 0.6 is 24.0 Å². The SMILES string of the molecule is CN=C(NCc1cc(C#N)ccc1F)NC1CCN(C(=O)C2CCCC2)C1.I. The molecule has 2 N–H and O–H groups in total. The van der Waals surface area contributed by atoms with Crippen LogP contribution in [0.15, 0.2) is 23.2 Å². The Kier molecular flexibility index (Phi) is 8.48. The van der Waals surface area contributed by atoms with Gasteiger partial charge >= 0.3 is 0 Å². The molecule has 2 fully saturated rings. The zero-order valence-electron chi connectivity index (χ0n) is 16.1. The van der Waals surface area contributed by atoms with Gasteiger partial charge in [0.2, 0.25) is 5.91 Å². The summed E-state index contributed by atoms with van der Waals surface area (Å²) in [5.74, 6) is 0.704. The average Bonchev–Trinajstić information content (AvgIpc) is 3.37. The fourth-order valence-corrected chi connectivity index (χ4v) is 3.86. The summed E-state index contributed by atoms with van der Waals surface area (Å²) in [5, 5.41) is 15.4. The molecule has 152 valence electrons. The van der Waals surface area contributed by atoms with E-state index in [0.29, 0.717) is 23.6 Å². The number of guanidine groups is 1. The van der Waals surface area contributed by atoms with Gasteiger partial charge in [0.25, 0.3) is 0 Å². The first-order valence-electron chi connectivity index (χ1n) is 9.55. The number of halogens is 2. The van der Waals surface area contributed by atoms with Gasteiger partial charge in [-0.1, -0.05) is 12.8 Å². The highest BCUT2D eigenvalue weighted by Crippen LogP contribution is 2.27. The number of nitrogens with one attached hydrogen (secondary N) is 2. The van der Waals surface area contributed by atoms with Crippen molar-refractivity contribution < 1.29 is 9.18 Å². The number of benzene rings is 1. The van der Waals surface area contributed by atoms with Crippen molar-refractivity contribution >= 4 is 35.8 Å². The molecule has 1 amide bonds. The van der Waals surface area contributed by atoms with Crippen molar-refractivity contribution in [2.75, 3.05) is 20.1 Å². The highest BCUT2D eigenvalue weighted by molar-refractivity contribution is 14.0. The molecule has 1 aromatic carbocycles. The lowest BCUT2D eigenvalue weighted by Crippen LogP contribution is -2.45. The average molecular weight is 499 g/mol. The summed E-state index contributed by atoms with van der Waals surface area (Å²) in [6.45, 7) is 1.68. The summed E-state index contributed by atoms with van der Waals surface area (Å²) in [7, 11) is 1.66. The van der Waals surface area contributed by atoms with E-state index < -0.39 is 0 Å². The Morgan fingerprint density at radius 2 is 2.11 bits per heavy atom. The van der Waals surface area contributed by atoms with Crippen molar-refractivity contribution in [2.24, 2.45) is 10.9 Å². The molecule has 0 bridgehead atoms. The van der Waals surface area contributed by atoms with Crippen LogP contribution in [0, 0.1) is 23.1 Å². The van der Waals surface area contributed by atoms with E-state index in [1.165, 1.54) is 18.2 Å². The van der Waals surface area contributed by atoms with Crippen LogP contribution in [0.25, 0.3) is 0 Å². The Balaban J connectivity index is 0.00000280. The molecule has 6 nitrogen and oxygen atoms in total. The van der Waals surface area contributed by atoms with Gasteiger partial charge in [0.05, 0.1) is 11.6 Å². The van der Waals surface area contributed by atoms with Gasteiger partial charge in [-0.15, -0.1) is 24.0 Å². The lowest BCUT2D eigenvalue weighted by Gasteiger charge is -2.21. The maximum absolute atomic E-state index is 13.9. The molecule has 1 atom stereocenters. The normalized spacial score (nSPS) is 19.8. The minimum absolute atomic E-state index is 0. The molecular weight excluding hydrogens is 472 g/mol. The lowest BCUT2D eigenvalue weighted by molar-refractivity contribution is -0.134. The summed E-state index contributed by atoms with van der Waals surface area (Å²) in [4.78, 5) is 18.7. The van der Waals surface area contributed by atoms with Gasteiger partial charge < -0.3 is 15.5 Å². The predicted molar refractivity (Wildman–Crippen MR) is 117 cm³/mol. The van der Waals surface area contributed by atoms with E-state index >= 15 is 0 Å². The van der Waals surface area contributed by atoms with Crippen molar-refractivity contribution in [3.05, 3.63) is 35.1 Å². The van der Waals surface area contributed by atoms with E-state index in [-0.39, 0.29) is 54.2 Å². The second-order valence-electron chi connectivity index (χ2n) is 7.24. The quantitative estimate of drug-likeness (QED) is 0.380. The third-order valence-corrected chi connectivity index (χ3v) is 5.39. The molecule has 3 rings (SSSR count). The summed E-state index contributed by atoms with van der Waals surface area (Å²) in [6.07, 6.45) is 5.23. The van der Waals surface area contributed by atoms with E-state index in [0.717, 1.165) is 38.6 Å². The van der Waals surface area contributed by atoms with Gasteiger partial charge in [-0.3, -0.25) is 9.79 Å². The maximum atomic E-state index is 13.9. The number of amides is 1. The summed E-state index contributed by atoms with van der Waals surface area (Å²) < 4.78 is 13.9. The van der Waals surface area contributed by atoms with Crippen molar-refractivity contribution in [3.63, 3.8) is 0 Å². The number of nitrogens with zero attached hydrogens (tertiary/aromatic N) is 3. The molecule has 1 heterocycles. The largest absolute Gasteiger partial charge is 0.352 e. The number of hydrogen-bond donors (Lipinski definition) is 2. The molecule has 0 aromatic heterocycles. The first kappa shape index (κ1) is 22.4. The van der Waals surface area contributed by atoms with Crippen LogP contribution in [-0.4, -0.2) is 42.9 Å². The zero-order valence-corrected chi connectivity index (χ0v) is 18.4. The molecule has 2 aliphatic rings. The van der Waals surface area contributed by atoms with Crippen LogP contribution in [0.5, 0.6) is 0 Å². The van der Waals surface area contributed by atoms with E-state index in [2.05, 4.69) is 15.6 Å². The topological polar surface area (TPSA) is 80.5 Å². The molecule has 1 saturated carbocycles. The van der Waals surface area contributed by atoms with Gasteiger partial charge in [0.15, 0.2) is 5.96 Å². The minimum atomic E-state index is -0.355. The van der Waals surface area contributed by atoms with Crippen molar-refractivity contribution in [1.82, 2.24) is 15.5 Å². The molecule has 28 heavy (non-hydrogen) atoms. The van der Waals surface area contributed by atoms with E-state index in [9.17, 15) is 9.18 Å². The first-order chi connectivity index (χ1) is 13.1. The second kappa shape index (κ2) is 10.6. The zero-order chi connectivity index (χ0) is 19.2. The fraction of sp³-hybridized carbons (Fsp3) is 0.550. The Labute approximate surface area is 182 Å². The molecular formula is C20H27FIN5O. The van der Waals surface area contributed by atoms with Crippen LogP contribution in [0.1, 0.15) is 43.2 Å². The number of likely N-dealkylation sites (tertiary alicyclic amines) is 1. The Hall–Kier alpha value is -1.89. The van der Waals surface area contributed by atoms with Gasteiger partial charge in [0, 0.05) is 44.2 Å². The molecule has 1 saturated heterocycles. The summed E-state index contributed by atoms with van der Waals surface area (Å²) in [6, 6.07) is 6.45. The maximum Gasteiger partial charge on any atom is 0.225 e. The summed E-state index contributed by atoms with van der Waals surface area (Å²) in [5.41, 5.74) is 0.842. The molecule has 8 heteroatoms. The van der Waals surface area contributed by atoms with Crippen LogP contribution in [0.4, 0.5) is 4.39 Å². The van der Waals surface area contributed by atoms with Crippen molar-refractivity contribution in [1.29, 1.82) is 5.26 Å². The fourth-order valence-electron chi connectivity index (χ4n) is 3.86. The Morgan fingerprint density at radius 3 is 2.79 bits per heavy atom. The Bertz CT molecular complexity index is 757. The van der Waals surface area contributed by atoms with Crippen LogP contribution in [0.2, 0.25) is 0 Å². The number of aliphatic imine (C=N–C) groups is 1. The molecule has 1 aliphatic carbocycles. The first-order valence-corrected chi connectivity index (χ1v) is 9.55. The molecule has 1 unspecified atom stereocenters.